The van der Waals surface area contributed by atoms with Crippen LogP contribution in [0.3, 0.4) is 0 Å². The van der Waals surface area contributed by atoms with Crippen LogP contribution in [-0.2, 0) is 22.6 Å². The molecule has 1 N–H and O–H groups in total. The Morgan fingerprint density at radius 1 is 1.45 bits per heavy atom. The van der Waals surface area contributed by atoms with Gasteiger partial charge in [0.2, 0.25) is 5.91 Å². The van der Waals surface area contributed by atoms with Crippen LogP contribution in [0.15, 0.2) is 24.5 Å². The lowest BCUT2D eigenvalue weighted by Gasteiger charge is -2.28. The van der Waals surface area contributed by atoms with Gasteiger partial charge in [0.25, 0.3) is 5.91 Å². The summed E-state index contributed by atoms with van der Waals surface area (Å²) in [5.41, 5.74) is 2.33. The van der Waals surface area contributed by atoms with Gasteiger partial charge >= 0.3 is 0 Å². The molecular weight excluding hydrogens is 302 g/mol. The molecule has 0 spiro atoms. The number of rotatable bonds is 1. The second kappa shape index (κ2) is 5.19. The Balaban J connectivity index is 1.71. The Labute approximate surface area is 130 Å². The molecule has 2 aromatic rings. The molecule has 4 heterocycles. The van der Waals surface area contributed by atoms with Gasteiger partial charge in [-0.15, -0.1) is 11.3 Å². The van der Waals surface area contributed by atoms with Crippen molar-refractivity contribution in [3.8, 4) is 0 Å². The Morgan fingerprint density at radius 2 is 2.36 bits per heavy atom. The minimum atomic E-state index is -0.210. The number of ether oxygens (including phenoxy) is 1. The third-order valence-corrected chi connectivity index (χ3v) is 4.97. The van der Waals surface area contributed by atoms with Crippen LogP contribution in [-0.4, -0.2) is 29.9 Å². The van der Waals surface area contributed by atoms with Crippen LogP contribution in [0.4, 0.5) is 11.4 Å². The highest BCUT2D eigenvalue weighted by atomic mass is 32.1. The molecule has 0 unspecified atom stereocenters. The summed E-state index contributed by atoms with van der Waals surface area (Å²) in [4.78, 5) is 32.0. The van der Waals surface area contributed by atoms with Gasteiger partial charge in [-0.1, -0.05) is 0 Å². The normalized spacial score (nSPS) is 16.7. The summed E-state index contributed by atoms with van der Waals surface area (Å²) in [5.74, 6) is -0.361. The van der Waals surface area contributed by atoms with Crippen molar-refractivity contribution < 1.29 is 14.3 Å². The lowest BCUT2D eigenvalue weighted by Crippen LogP contribution is -2.41. The molecule has 0 aliphatic carbocycles. The molecule has 22 heavy (non-hydrogen) atoms. The molecule has 2 aliphatic rings. The average molecular weight is 315 g/mol. The zero-order chi connectivity index (χ0) is 15.1. The number of hydrogen-bond donors (Lipinski definition) is 1. The fourth-order valence-corrected chi connectivity index (χ4v) is 3.80. The first-order valence-corrected chi connectivity index (χ1v) is 7.79. The number of carbonyl (C=O) groups is 2. The second-order valence-corrected chi connectivity index (χ2v) is 6.33. The van der Waals surface area contributed by atoms with Crippen LogP contribution in [0.2, 0.25) is 0 Å². The van der Waals surface area contributed by atoms with Crippen LogP contribution in [0, 0.1) is 0 Å². The lowest BCUT2D eigenvalue weighted by atomic mass is 10.1. The number of carbonyl (C=O) groups excluding carboxylic acids is 2. The third kappa shape index (κ3) is 2.18. The summed E-state index contributed by atoms with van der Waals surface area (Å²) in [6.07, 6.45) is 4.01. The number of hydrogen-bond acceptors (Lipinski definition) is 5. The molecule has 2 amide bonds. The van der Waals surface area contributed by atoms with Crippen molar-refractivity contribution in [3.05, 3.63) is 39.8 Å². The number of nitrogens with one attached hydrogen (secondary N) is 1. The van der Waals surface area contributed by atoms with E-state index in [2.05, 4.69) is 10.3 Å². The van der Waals surface area contributed by atoms with Gasteiger partial charge in [-0.05, 0) is 17.7 Å². The number of pyridine rings is 1. The molecule has 112 valence electrons. The first kappa shape index (κ1) is 13.4. The summed E-state index contributed by atoms with van der Waals surface area (Å²) < 4.78 is 5.42. The van der Waals surface area contributed by atoms with Crippen LogP contribution in [0.1, 0.15) is 20.1 Å². The highest BCUT2D eigenvalue weighted by molar-refractivity contribution is 7.14. The smallest absolute Gasteiger partial charge is 0.268 e. The summed E-state index contributed by atoms with van der Waals surface area (Å²) in [5, 5.41) is 2.73. The van der Waals surface area contributed by atoms with E-state index in [-0.39, 0.29) is 18.4 Å². The standard InChI is InChI=1S/C15H13N3O3S/c19-14-7-18(11-1-3-16-6-10(11)17-14)15(20)13-5-9-8-21-4-2-12(9)22-13/h1,3,5-6H,2,4,7-8H2,(H,17,19). The van der Waals surface area contributed by atoms with Gasteiger partial charge in [-0.2, -0.15) is 0 Å². The fraction of sp³-hybridized carbons (Fsp3) is 0.267. The summed E-state index contributed by atoms with van der Waals surface area (Å²) >= 11 is 1.49. The molecule has 2 aromatic heterocycles. The summed E-state index contributed by atoms with van der Waals surface area (Å²) in [6.45, 7) is 1.27. The lowest BCUT2D eigenvalue weighted by molar-refractivity contribution is -0.115. The maximum atomic E-state index is 12.8. The average Bonchev–Trinajstić information content (AvgIpc) is 2.97. The molecule has 0 saturated heterocycles. The van der Waals surface area contributed by atoms with E-state index >= 15 is 0 Å². The Kier molecular flexibility index (Phi) is 3.16. The van der Waals surface area contributed by atoms with E-state index < -0.39 is 0 Å². The predicted molar refractivity (Wildman–Crippen MR) is 82.2 cm³/mol. The Bertz CT molecular complexity index is 748. The van der Waals surface area contributed by atoms with Gasteiger partial charge < -0.3 is 10.1 Å². The monoisotopic (exact) mass is 315 g/mol. The molecule has 0 bridgehead atoms. The number of aromatic nitrogens is 1. The molecule has 0 radical (unpaired) electrons. The largest absolute Gasteiger partial charge is 0.376 e. The van der Waals surface area contributed by atoms with E-state index in [0.29, 0.717) is 29.5 Å². The predicted octanol–water partition coefficient (Wildman–Crippen LogP) is 1.81. The Hall–Kier alpha value is -2.25. The first-order valence-electron chi connectivity index (χ1n) is 6.97. The van der Waals surface area contributed by atoms with Crippen molar-refractivity contribution in [2.45, 2.75) is 13.0 Å². The molecule has 6 nitrogen and oxygen atoms in total. The number of nitrogens with zero attached hydrogens (tertiary/aromatic N) is 2. The van der Waals surface area contributed by atoms with Gasteiger partial charge in [-0.3, -0.25) is 19.5 Å². The minimum absolute atomic E-state index is 0.0227. The summed E-state index contributed by atoms with van der Waals surface area (Å²) in [6, 6.07) is 3.62. The van der Waals surface area contributed by atoms with E-state index in [9.17, 15) is 9.59 Å². The number of fused-ring (bicyclic) bond motifs is 2. The molecule has 0 saturated carbocycles. The van der Waals surface area contributed by atoms with Crippen LogP contribution in [0.5, 0.6) is 0 Å². The Morgan fingerprint density at radius 3 is 3.23 bits per heavy atom. The van der Waals surface area contributed by atoms with E-state index in [1.807, 2.05) is 6.07 Å². The van der Waals surface area contributed by atoms with E-state index in [4.69, 9.17) is 4.74 Å². The topological polar surface area (TPSA) is 71.5 Å². The maximum Gasteiger partial charge on any atom is 0.268 e. The highest BCUT2D eigenvalue weighted by Gasteiger charge is 2.29. The molecule has 0 atom stereocenters. The first-order chi connectivity index (χ1) is 10.7. The van der Waals surface area contributed by atoms with Crippen LogP contribution < -0.4 is 10.2 Å². The van der Waals surface area contributed by atoms with E-state index in [1.54, 1.807) is 18.5 Å². The van der Waals surface area contributed by atoms with Crippen molar-refractivity contribution in [2.75, 3.05) is 23.4 Å². The van der Waals surface area contributed by atoms with Crippen molar-refractivity contribution in [1.29, 1.82) is 0 Å². The van der Waals surface area contributed by atoms with Gasteiger partial charge in [-0.25, -0.2) is 0 Å². The number of amides is 2. The van der Waals surface area contributed by atoms with Gasteiger partial charge in [0, 0.05) is 17.5 Å². The molecular formula is C15H13N3O3S. The quantitative estimate of drug-likeness (QED) is 0.871. The molecule has 7 heteroatoms. The van der Waals surface area contributed by atoms with Crippen molar-refractivity contribution >= 4 is 34.5 Å². The van der Waals surface area contributed by atoms with E-state index in [1.165, 1.54) is 21.1 Å². The highest BCUT2D eigenvalue weighted by Crippen LogP contribution is 2.32. The van der Waals surface area contributed by atoms with Crippen molar-refractivity contribution in [2.24, 2.45) is 0 Å². The van der Waals surface area contributed by atoms with Gasteiger partial charge in [0.1, 0.15) is 6.54 Å². The minimum Gasteiger partial charge on any atom is -0.376 e. The molecule has 0 aromatic carbocycles. The van der Waals surface area contributed by atoms with Gasteiger partial charge in [0.05, 0.1) is 35.7 Å². The molecule has 4 rings (SSSR count). The zero-order valence-electron chi connectivity index (χ0n) is 11.7. The van der Waals surface area contributed by atoms with Crippen molar-refractivity contribution in [1.82, 2.24) is 4.98 Å². The second-order valence-electron chi connectivity index (χ2n) is 5.19. The third-order valence-electron chi connectivity index (χ3n) is 3.75. The number of thiophene rings is 1. The zero-order valence-corrected chi connectivity index (χ0v) is 12.5. The van der Waals surface area contributed by atoms with Crippen molar-refractivity contribution in [3.63, 3.8) is 0 Å². The fourth-order valence-electron chi connectivity index (χ4n) is 2.70. The maximum absolute atomic E-state index is 12.8. The molecule has 0 fully saturated rings. The number of anilines is 2. The SMILES string of the molecule is O=C1CN(C(=O)c2cc3c(s2)CCOC3)c2ccncc2N1. The van der Waals surface area contributed by atoms with E-state index in [0.717, 1.165) is 12.0 Å². The summed E-state index contributed by atoms with van der Waals surface area (Å²) in [7, 11) is 0. The molecule has 2 aliphatic heterocycles. The van der Waals surface area contributed by atoms with Gasteiger partial charge in [0.15, 0.2) is 0 Å². The van der Waals surface area contributed by atoms with Crippen LogP contribution in [0.25, 0.3) is 0 Å². The van der Waals surface area contributed by atoms with Crippen LogP contribution >= 0.6 is 11.3 Å².